The van der Waals surface area contributed by atoms with E-state index in [1.807, 2.05) is 12.1 Å². The molecule has 0 saturated heterocycles. The number of halogens is 1. The Morgan fingerprint density at radius 2 is 2.25 bits per heavy atom. The van der Waals surface area contributed by atoms with Gasteiger partial charge in [0, 0.05) is 10.1 Å². The van der Waals surface area contributed by atoms with Crippen molar-refractivity contribution >= 4 is 39.0 Å². The summed E-state index contributed by atoms with van der Waals surface area (Å²) in [5.41, 5.74) is 1.24. The minimum absolute atomic E-state index is 0.371. The number of aryl methyl sites for hydroxylation is 1. The molecule has 0 radical (unpaired) electrons. The molecule has 0 saturated carbocycles. The maximum atomic E-state index is 11.5. The van der Waals surface area contributed by atoms with Crippen LogP contribution in [0.4, 0.5) is 0 Å². The van der Waals surface area contributed by atoms with E-state index in [1.54, 1.807) is 0 Å². The third-order valence-electron chi connectivity index (χ3n) is 2.47. The largest absolute Gasteiger partial charge is 0.465 e. The number of esters is 1. The lowest BCUT2D eigenvalue weighted by atomic mass is 10.1. The third kappa shape index (κ3) is 1.81. The van der Waals surface area contributed by atoms with Crippen LogP contribution < -0.4 is 0 Å². The van der Waals surface area contributed by atoms with E-state index >= 15 is 0 Å². The van der Waals surface area contributed by atoms with Gasteiger partial charge in [-0.15, -0.1) is 11.3 Å². The molecule has 0 spiro atoms. The van der Waals surface area contributed by atoms with Crippen molar-refractivity contribution in [3.63, 3.8) is 0 Å². The van der Waals surface area contributed by atoms with Crippen LogP contribution >= 0.6 is 22.9 Å². The van der Waals surface area contributed by atoms with Crippen LogP contribution in [0.5, 0.6) is 0 Å². The Morgan fingerprint density at radius 3 is 2.88 bits per heavy atom. The highest BCUT2D eigenvalue weighted by atomic mass is 35.5. The van der Waals surface area contributed by atoms with Crippen molar-refractivity contribution in [3.05, 3.63) is 33.7 Å². The van der Waals surface area contributed by atoms with Crippen molar-refractivity contribution in [1.29, 1.82) is 0 Å². The zero-order valence-corrected chi connectivity index (χ0v) is 10.6. The van der Waals surface area contributed by atoms with E-state index in [2.05, 4.69) is 13.0 Å². The standard InChI is InChI=1S/C12H11ClO2S/c1-3-7-4-5-8-9(6-7)16-11(10(8)13)12(14)15-2/h4-6H,3H2,1-2H3. The SMILES string of the molecule is CCc1ccc2c(Cl)c(C(=O)OC)sc2c1. The molecule has 0 fully saturated rings. The quantitative estimate of drug-likeness (QED) is 0.760. The van der Waals surface area contributed by atoms with E-state index in [9.17, 15) is 4.79 Å². The van der Waals surface area contributed by atoms with Crippen LogP contribution in [0.2, 0.25) is 5.02 Å². The summed E-state index contributed by atoms with van der Waals surface area (Å²) in [6.07, 6.45) is 0.971. The van der Waals surface area contributed by atoms with Gasteiger partial charge in [0.25, 0.3) is 0 Å². The zero-order chi connectivity index (χ0) is 11.7. The molecule has 0 bridgehead atoms. The molecule has 84 valence electrons. The van der Waals surface area contributed by atoms with E-state index in [0.29, 0.717) is 9.90 Å². The molecule has 0 amide bonds. The van der Waals surface area contributed by atoms with Crippen molar-refractivity contribution in [2.24, 2.45) is 0 Å². The number of rotatable bonds is 2. The molecule has 1 aromatic carbocycles. The number of benzene rings is 1. The Balaban J connectivity index is 2.63. The molecule has 0 N–H and O–H groups in total. The Kier molecular flexibility index (Phi) is 3.17. The Morgan fingerprint density at radius 1 is 1.50 bits per heavy atom. The summed E-state index contributed by atoms with van der Waals surface area (Å²) in [4.78, 5) is 11.9. The molecule has 0 aliphatic rings. The van der Waals surface area contributed by atoms with Gasteiger partial charge in [0.2, 0.25) is 0 Å². The van der Waals surface area contributed by atoms with Crippen molar-refractivity contribution < 1.29 is 9.53 Å². The maximum Gasteiger partial charge on any atom is 0.349 e. The first-order chi connectivity index (χ1) is 7.67. The van der Waals surface area contributed by atoms with E-state index in [0.717, 1.165) is 16.5 Å². The first-order valence-corrected chi connectivity index (χ1v) is 6.16. The summed E-state index contributed by atoms with van der Waals surface area (Å²) in [5, 5.41) is 1.42. The normalized spacial score (nSPS) is 10.7. The molecule has 2 nitrogen and oxygen atoms in total. The number of carbonyl (C=O) groups excluding carboxylic acids is 1. The topological polar surface area (TPSA) is 26.3 Å². The first-order valence-electron chi connectivity index (χ1n) is 4.96. The molecule has 1 aromatic heterocycles. The van der Waals surface area contributed by atoms with E-state index in [-0.39, 0.29) is 5.97 Å². The third-order valence-corrected chi connectivity index (χ3v) is 4.11. The summed E-state index contributed by atoms with van der Waals surface area (Å²) in [6, 6.07) is 6.06. The predicted octanol–water partition coefficient (Wildman–Crippen LogP) is 3.90. The van der Waals surface area contributed by atoms with Gasteiger partial charge in [0.1, 0.15) is 4.88 Å². The second kappa shape index (κ2) is 4.44. The lowest BCUT2D eigenvalue weighted by Gasteiger charge is -1.95. The Hall–Kier alpha value is -1.06. The number of fused-ring (bicyclic) bond motifs is 1. The molecule has 0 aliphatic carbocycles. The molecule has 0 aliphatic heterocycles. The van der Waals surface area contributed by atoms with Crippen molar-refractivity contribution in [1.82, 2.24) is 0 Å². The average Bonchev–Trinajstić information content (AvgIpc) is 2.65. The fraction of sp³-hybridized carbons (Fsp3) is 0.250. The highest BCUT2D eigenvalue weighted by Gasteiger charge is 2.17. The zero-order valence-electron chi connectivity index (χ0n) is 9.04. The van der Waals surface area contributed by atoms with Crippen LogP contribution in [-0.4, -0.2) is 13.1 Å². The van der Waals surface area contributed by atoms with Gasteiger partial charge in [0.05, 0.1) is 12.1 Å². The second-order valence-corrected chi connectivity index (χ2v) is 4.85. The predicted molar refractivity (Wildman–Crippen MR) is 67.6 cm³/mol. The second-order valence-electron chi connectivity index (χ2n) is 3.42. The van der Waals surface area contributed by atoms with Crippen LogP contribution in [0.25, 0.3) is 10.1 Å². The number of ether oxygens (including phenoxy) is 1. The van der Waals surface area contributed by atoms with Gasteiger partial charge in [0.15, 0.2) is 0 Å². The summed E-state index contributed by atoms with van der Waals surface area (Å²) >= 11 is 7.52. The average molecular weight is 255 g/mol. The molecule has 4 heteroatoms. The van der Waals surface area contributed by atoms with Crippen LogP contribution in [0.15, 0.2) is 18.2 Å². The van der Waals surface area contributed by atoms with Crippen molar-refractivity contribution in [2.45, 2.75) is 13.3 Å². The van der Waals surface area contributed by atoms with Gasteiger partial charge in [-0.1, -0.05) is 30.7 Å². The Bertz CT molecular complexity index is 545. The summed E-state index contributed by atoms with van der Waals surface area (Å²) < 4.78 is 5.72. The van der Waals surface area contributed by atoms with Crippen molar-refractivity contribution in [2.75, 3.05) is 7.11 Å². The monoisotopic (exact) mass is 254 g/mol. The van der Waals surface area contributed by atoms with Gasteiger partial charge in [-0.2, -0.15) is 0 Å². The van der Waals surface area contributed by atoms with E-state index < -0.39 is 0 Å². The van der Waals surface area contributed by atoms with Crippen LogP contribution in [0.1, 0.15) is 22.2 Å². The lowest BCUT2D eigenvalue weighted by Crippen LogP contribution is -1.97. The summed E-state index contributed by atoms with van der Waals surface area (Å²) in [7, 11) is 1.36. The summed E-state index contributed by atoms with van der Waals surface area (Å²) in [5.74, 6) is -0.371. The van der Waals surface area contributed by atoms with Crippen LogP contribution in [0, 0.1) is 0 Å². The van der Waals surface area contributed by atoms with Gasteiger partial charge in [-0.25, -0.2) is 4.79 Å². The minimum atomic E-state index is -0.371. The number of methoxy groups -OCH3 is 1. The molecular weight excluding hydrogens is 244 g/mol. The van der Waals surface area contributed by atoms with Gasteiger partial charge in [-0.05, 0) is 18.1 Å². The van der Waals surface area contributed by atoms with Gasteiger partial charge in [-0.3, -0.25) is 0 Å². The minimum Gasteiger partial charge on any atom is -0.465 e. The smallest absolute Gasteiger partial charge is 0.349 e. The molecule has 2 aromatic rings. The molecule has 2 rings (SSSR count). The Labute approximate surface area is 103 Å². The number of hydrogen-bond acceptors (Lipinski definition) is 3. The van der Waals surface area contributed by atoms with E-state index in [1.165, 1.54) is 24.0 Å². The molecule has 0 unspecified atom stereocenters. The number of thiophene rings is 1. The van der Waals surface area contributed by atoms with Gasteiger partial charge >= 0.3 is 5.97 Å². The molecule has 0 atom stereocenters. The van der Waals surface area contributed by atoms with Crippen molar-refractivity contribution in [3.8, 4) is 0 Å². The molecule has 16 heavy (non-hydrogen) atoms. The van der Waals surface area contributed by atoms with Gasteiger partial charge < -0.3 is 4.74 Å². The van der Waals surface area contributed by atoms with Crippen LogP contribution in [-0.2, 0) is 11.2 Å². The highest BCUT2D eigenvalue weighted by molar-refractivity contribution is 7.21. The fourth-order valence-corrected chi connectivity index (χ4v) is 3.04. The number of hydrogen-bond donors (Lipinski definition) is 0. The lowest BCUT2D eigenvalue weighted by molar-refractivity contribution is 0.0606. The molecule has 1 heterocycles. The van der Waals surface area contributed by atoms with E-state index in [4.69, 9.17) is 16.3 Å². The van der Waals surface area contributed by atoms with Crippen LogP contribution in [0.3, 0.4) is 0 Å². The number of carbonyl (C=O) groups is 1. The maximum absolute atomic E-state index is 11.5. The first kappa shape index (κ1) is 11.4. The summed E-state index contributed by atoms with van der Waals surface area (Å²) in [6.45, 7) is 2.09. The highest BCUT2D eigenvalue weighted by Crippen LogP contribution is 2.36. The molecular formula is C12H11ClO2S. The fourth-order valence-electron chi connectivity index (χ4n) is 1.55.